The molecule has 0 N–H and O–H groups in total. The van der Waals surface area contributed by atoms with Gasteiger partial charge < -0.3 is 4.42 Å². The molecule has 5 rings (SSSR count). The van der Waals surface area contributed by atoms with Crippen molar-refractivity contribution in [3.05, 3.63) is 29.2 Å². The van der Waals surface area contributed by atoms with Crippen LogP contribution in [0.5, 0.6) is 0 Å². The molecule has 0 amide bonds. The second kappa shape index (κ2) is 6.09. The summed E-state index contributed by atoms with van der Waals surface area (Å²) in [5.41, 5.74) is 1.43. The zero-order valence-corrected chi connectivity index (χ0v) is 17.2. The molecule has 0 saturated heterocycles. The predicted octanol–water partition coefficient (Wildman–Crippen LogP) is 6.58. The maximum Gasteiger partial charge on any atom is 0.165 e. The Hall–Kier alpha value is -1.31. The van der Waals surface area contributed by atoms with Gasteiger partial charge in [-0.2, -0.15) is 0 Å². The average Bonchev–Trinajstić information content (AvgIpc) is 3.16. The van der Waals surface area contributed by atoms with Gasteiger partial charge in [-0.05, 0) is 105 Å². The van der Waals surface area contributed by atoms with Crippen molar-refractivity contribution in [1.29, 1.82) is 0 Å². The fraction of sp³-hybridized carbons (Fsp3) is 0.720. The number of aryl methyl sites for hydroxylation is 1. The van der Waals surface area contributed by atoms with Gasteiger partial charge in [0.05, 0.1) is 0 Å². The summed E-state index contributed by atoms with van der Waals surface area (Å²) in [6.07, 6.45) is 13.8. The van der Waals surface area contributed by atoms with E-state index in [1.54, 1.807) is 0 Å². The molecule has 1 aromatic rings. The monoisotopic (exact) mass is 366 g/mol. The lowest BCUT2D eigenvalue weighted by Gasteiger charge is -2.59. The van der Waals surface area contributed by atoms with Gasteiger partial charge in [-0.1, -0.05) is 26.7 Å². The van der Waals surface area contributed by atoms with Crippen LogP contribution in [-0.4, -0.2) is 5.78 Å². The highest BCUT2D eigenvalue weighted by molar-refractivity contribution is 6.05. The summed E-state index contributed by atoms with van der Waals surface area (Å²) in [7, 11) is 0. The molecule has 2 heteroatoms. The molecule has 1 aromatic heterocycles. The fourth-order valence-corrected chi connectivity index (χ4v) is 7.80. The van der Waals surface area contributed by atoms with Crippen molar-refractivity contribution in [1.82, 2.24) is 0 Å². The summed E-state index contributed by atoms with van der Waals surface area (Å²) in [6, 6.07) is 3.98. The minimum absolute atomic E-state index is 0.132. The van der Waals surface area contributed by atoms with Gasteiger partial charge >= 0.3 is 0 Å². The Morgan fingerprint density at radius 2 is 1.89 bits per heavy atom. The number of fused-ring (bicyclic) bond motifs is 5. The van der Waals surface area contributed by atoms with Crippen LogP contribution in [0.1, 0.15) is 83.2 Å². The van der Waals surface area contributed by atoms with Crippen LogP contribution >= 0.6 is 0 Å². The fourth-order valence-electron chi connectivity index (χ4n) is 7.80. The number of hydrogen-bond acceptors (Lipinski definition) is 2. The van der Waals surface area contributed by atoms with Crippen molar-refractivity contribution in [2.45, 2.75) is 78.6 Å². The van der Waals surface area contributed by atoms with Crippen LogP contribution in [0.3, 0.4) is 0 Å². The van der Waals surface area contributed by atoms with Gasteiger partial charge in [-0.15, -0.1) is 0 Å². The van der Waals surface area contributed by atoms with Gasteiger partial charge in [0.25, 0.3) is 0 Å². The van der Waals surface area contributed by atoms with E-state index in [0.717, 1.165) is 47.7 Å². The first kappa shape index (κ1) is 17.8. The summed E-state index contributed by atoms with van der Waals surface area (Å²) in [4.78, 5) is 13.4. The topological polar surface area (TPSA) is 30.2 Å². The summed E-state index contributed by atoms with van der Waals surface area (Å²) in [5, 5.41) is 0. The van der Waals surface area contributed by atoms with Gasteiger partial charge in [0.2, 0.25) is 0 Å². The first-order valence-corrected chi connectivity index (χ1v) is 11.2. The SMILES string of the molecule is Cc1ccc(/C=C2/CC3C4CCC5CCCCC5(C)C4CCC3(C)C2=O)o1. The molecule has 146 valence electrons. The van der Waals surface area contributed by atoms with E-state index in [9.17, 15) is 4.79 Å². The molecule has 6 atom stereocenters. The third-order valence-corrected chi connectivity index (χ3v) is 9.30. The molecule has 4 saturated carbocycles. The summed E-state index contributed by atoms with van der Waals surface area (Å²) in [6.45, 7) is 6.85. The van der Waals surface area contributed by atoms with E-state index in [1.807, 2.05) is 25.1 Å². The van der Waals surface area contributed by atoms with Crippen LogP contribution in [0.15, 0.2) is 22.1 Å². The zero-order chi connectivity index (χ0) is 18.8. The Balaban J connectivity index is 1.46. The van der Waals surface area contributed by atoms with Crippen molar-refractivity contribution in [2.75, 3.05) is 0 Å². The number of hydrogen-bond donors (Lipinski definition) is 0. The largest absolute Gasteiger partial charge is 0.462 e. The highest BCUT2D eigenvalue weighted by Gasteiger charge is 2.60. The Kier molecular flexibility index (Phi) is 4.01. The molecular weight excluding hydrogens is 332 g/mol. The predicted molar refractivity (Wildman–Crippen MR) is 108 cm³/mol. The molecule has 2 nitrogen and oxygen atoms in total. The highest BCUT2D eigenvalue weighted by Crippen LogP contribution is 2.66. The van der Waals surface area contributed by atoms with E-state index in [-0.39, 0.29) is 5.41 Å². The van der Waals surface area contributed by atoms with Crippen LogP contribution in [-0.2, 0) is 4.79 Å². The second-order valence-electron chi connectivity index (χ2n) is 10.5. The summed E-state index contributed by atoms with van der Waals surface area (Å²) >= 11 is 0. The van der Waals surface area contributed by atoms with Gasteiger partial charge in [-0.3, -0.25) is 4.79 Å². The lowest BCUT2D eigenvalue weighted by atomic mass is 9.45. The van der Waals surface area contributed by atoms with Crippen molar-refractivity contribution >= 4 is 11.9 Å². The smallest absolute Gasteiger partial charge is 0.165 e. The number of Topliss-reactive ketones (excluding diaryl/α,β-unsaturated/α-hetero) is 1. The van der Waals surface area contributed by atoms with E-state index in [4.69, 9.17) is 4.42 Å². The average molecular weight is 367 g/mol. The molecule has 0 aromatic carbocycles. The van der Waals surface area contributed by atoms with Crippen molar-refractivity contribution in [3.63, 3.8) is 0 Å². The first-order chi connectivity index (χ1) is 12.9. The number of allylic oxidation sites excluding steroid dienone is 1. The quantitative estimate of drug-likeness (QED) is 0.525. The van der Waals surface area contributed by atoms with Gasteiger partial charge in [0.1, 0.15) is 11.5 Å². The van der Waals surface area contributed by atoms with Gasteiger partial charge in [0, 0.05) is 5.41 Å². The summed E-state index contributed by atoms with van der Waals surface area (Å²) in [5.74, 6) is 5.25. The van der Waals surface area contributed by atoms with Crippen LogP contribution in [0.25, 0.3) is 6.08 Å². The second-order valence-corrected chi connectivity index (χ2v) is 10.5. The maximum atomic E-state index is 13.4. The highest BCUT2D eigenvalue weighted by atomic mass is 16.3. The summed E-state index contributed by atoms with van der Waals surface area (Å²) < 4.78 is 5.74. The molecular formula is C25H34O2. The molecule has 4 aliphatic carbocycles. The van der Waals surface area contributed by atoms with E-state index in [2.05, 4.69) is 13.8 Å². The number of furan rings is 1. The van der Waals surface area contributed by atoms with Crippen molar-refractivity contribution < 1.29 is 9.21 Å². The molecule has 27 heavy (non-hydrogen) atoms. The Labute approximate surface area is 163 Å². The van der Waals surface area contributed by atoms with Gasteiger partial charge in [0.15, 0.2) is 5.78 Å². The molecule has 6 unspecified atom stereocenters. The molecule has 0 radical (unpaired) electrons. The lowest BCUT2D eigenvalue weighted by molar-refractivity contribution is -0.137. The lowest BCUT2D eigenvalue weighted by Crippen LogP contribution is -2.52. The third kappa shape index (κ3) is 2.54. The molecule has 0 aliphatic heterocycles. The molecule has 0 spiro atoms. The first-order valence-electron chi connectivity index (χ1n) is 11.2. The molecule has 0 bridgehead atoms. The molecule has 4 fully saturated rings. The van der Waals surface area contributed by atoms with Crippen molar-refractivity contribution in [3.8, 4) is 0 Å². The van der Waals surface area contributed by atoms with Gasteiger partial charge in [-0.25, -0.2) is 0 Å². The number of ketones is 1. The van der Waals surface area contributed by atoms with E-state index >= 15 is 0 Å². The van der Waals surface area contributed by atoms with Crippen molar-refractivity contribution in [2.24, 2.45) is 34.5 Å². The minimum atomic E-state index is -0.132. The van der Waals surface area contributed by atoms with Crippen LogP contribution in [0.2, 0.25) is 0 Å². The van der Waals surface area contributed by atoms with Crippen LogP contribution < -0.4 is 0 Å². The van der Waals surface area contributed by atoms with Crippen LogP contribution in [0, 0.1) is 41.4 Å². The standard InChI is InChI=1S/C25H34O2/c1-16-7-9-19(27-16)14-17-15-22-20-10-8-18-6-4-5-12-24(18,2)21(20)11-13-25(22,3)23(17)26/h7,9,14,18,20-22H,4-6,8,10-13,15H2,1-3H3/b17-14-. The normalized spacial score (nSPS) is 45.4. The number of carbonyl (C=O) groups excluding carboxylic acids is 1. The Morgan fingerprint density at radius 1 is 1.04 bits per heavy atom. The molecule has 4 aliphatic rings. The Bertz CT molecular complexity index is 786. The number of carbonyl (C=O) groups is 1. The van der Waals surface area contributed by atoms with E-state index < -0.39 is 0 Å². The van der Waals surface area contributed by atoms with E-state index in [1.165, 1.54) is 44.9 Å². The molecule has 1 heterocycles. The third-order valence-electron chi connectivity index (χ3n) is 9.30. The van der Waals surface area contributed by atoms with E-state index in [0.29, 0.717) is 17.1 Å². The number of rotatable bonds is 1. The Morgan fingerprint density at radius 3 is 2.67 bits per heavy atom. The van der Waals surface area contributed by atoms with Crippen LogP contribution in [0.4, 0.5) is 0 Å². The maximum absolute atomic E-state index is 13.4. The zero-order valence-electron chi connectivity index (χ0n) is 17.2. The minimum Gasteiger partial charge on any atom is -0.462 e.